The van der Waals surface area contributed by atoms with Crippen molar-refractivity contribution >= 4 is 11.6 Å². The summed E-state index contributed by atoms with van der Waals surface area (Å²) >= 11 is 6.01. The average molecular weight is 238 g/mol. The maximum Gasteiger partial charge on any atom is 0.0408 e. The van der Waals surface area contributed by atoms with Crippen LogP contribution in [0.2, 0.25) is 5.02 Å². The van der Waals surface area contributed by atoms with Gasteiger partial charge in [0.1, 0.15) is 0 Å². The smallest absolute Gasteiger partial charge is 0.0408 e. The van der Waals surface area contributed by atoms with E-state index >= 15 is 0 Å². The first-order valence-corrected chi connectivity index (χ1v) is 6.59. The van der Waals surface area contributed by atoms with Gasteiger partial charge in [-0.1, -0.05) is 36.6 Å². The fraction of sp³-hybridized carbons (Fsp3) is 0.571. The lowest BCUT2D eigenvalue weighted by Crippen LogP contribution is -2.34. The summed E-state index contributed by atoms with van der Waals surface area (Å²) in [5, 5.41) is 4.31. The van der Waals surface area contributed by atoms with Gasteiger partial charge in [0, 0.05) is 11.1 Å². The Morgan fingerprint density at radius 3 is 2.75 bits per heavy atom. The van der Waals surface area contributed by atoms with Gasteiger partial charge in [0.25, 0.3) is 0 Å². The minimum atomic E-state index is 0.612. The summed E-state index contributed by atoms with van der Waals surface area (Å²) in [6.45, 7) is 0. The molecule has 1 aliphatic carbocycles. The molecule has 1 fully saturated rings. The van der Waals surface area contributed by atoms with E-state index in [1.807, 2.05) is 12.1 Å². The molecule has 1 unspecified atom stereocenters. The number of nitrogens with one attached hydrogen (secondary N) is 1. The molecule has 1 aromatic rings. The second kappa shape index (κ2) is 5.70. The van der Waals surface area contributed by atoms with Crippen molar-refractivity contribution in [1.82, 2.24) is 5.32 Å². The van der Waals surface area contributed by atoms with Crippen LogP contribution in [0.25, 0.3) is 0 Å². The predicted octanol–water partition coefficient (Wildman–Crippen LogP) is 3.66. The van der Waals surface area contributed by atoms with Gasteiger partial charge in [-0.2, -0.15) is 0 Å². The topological polar surface area (TPSA) is 12.0 Å². The lowest BCUT2D eigenvalue weighted by molar-refractivity contribution is 0.377. The van der Waals surface area contributed by atoms with E-state index in [0.29, 0.717) is 6.04 Å². The Hall–Kier alpha value is -0.530. The molecule has 0 aromatic heterocycles. The maximum atomic E-state index is 6.01. The third-order valence-corrected chi connectivity index (χ3v) is 3.92. The standard InChI is InChI=1S/C14H20ClN/c1-16-14(12-6-2-3-7-12)10-11-5-4-8-13(15)9-11/h4-5,8-9,12,14,16H,2-3,6-7,10H2,1H3. The van der Waals surface area contributed by atoms with Gasteiger partial charge in [0.05, 0.1) is 0 Å². The van der Waals surface area contributed by atoms with E-state index in [-0.39, 0.29) is 0 Å². The molecular weight excluding hydrogens is 218 g/mol. The van der Waals surface area contributed by atoms with Crippen molar-refractivity contribution in [1.29, 1.82) is 0 Å². The van der Waals surface area contributed by atoms with Crippen LogP contribution >= 0.6 is 11.6 Å². The monoisotopic (exact) mass is 237 g/mol. The number of benzene rings is 1. The lowest BCUT2D eigenvalue weighted by Gasteiger charge is -2.23. The van der Waals surface area contributed by atoms with Gasteiger partial charge < -0.3 is 5.32 Å². The van der Waals surface area contributed by atoms with Crippen molar-refractivity contribution in [3.63, 3.8) is 0 Å². The molecule has 1 nitrogen and oxygen atoms in total. The fourth-order valence-electron chi connectivity index (χ4n) is 2.78. The first kappa shape index (κ1) is 11.9. The molecule has 88 valence electrons. The molecule has 2 rings (SSSR count). The molecule has 1 aromatic carbocycles. The van der Waals surface area contributed by atoms with E-state index in [2.05, 4.69) is 24.5 Å². The molecule has 0 heterocycles. The van der Waals surface area contributed by atoms with E-state index in [1.165, 1.54) is 31.2 Å². The Bertz CT molecular complexity index is 331. The number of hydrogen-bond acceptors (Lipinski definition) is 1. The molecule has 0 aliphatic heterocycles. The Labute approximate surface area is 103 Å². The van der Waals surface area contributed by atoms with Crippen molar-refractivity contribution in [3.8, 4) is 0 Å². The van der Waals surface area contributed by atoms with Crippen LogP contribution in [0.5, 0.6) is 0 Å². The summed E-state index contributed by atoms with van der Waals surface area (Å²) in [5.74, 6) is 0.851. The van der Waals surface area contributed by atoms with Crippen LogP contribution in [-0.4, -0.2) is 13.1 Å². The first-order chi connectivity index (χ1) is 7.79. The van der Waals surface area contributed by atoms with Gasteiger partial charge in [-0.15, -0.1) is 0 Å². The molecule has 0 amide bonds. The third kappa shape index (κ3) is 2.99. The first-order valence-electron chi connectivity index (χ1n) is 6.21. The van der Waals surface area contributed by atoms with Crippen LogP contribution < -0.4 is 5.32 Å². The zero-order chi connectivity index (χ0) is 11.4. The molecule has 16 heavy (non-hydrogen) atoms. The molecule has 2 heteroatoms. The molecule has 1 atom stereocenters. The van der Waals surface area contributed by atoms with Gasteiger partial charge >= 0.3 is 0 Å². The van der Waals surface area contributed by atoms with Gasteiger partial charge in [-0.3, -0.25) is 0 Å². The van der Waals surface area contributed by atoms with Crippen LogP contribution in [0, 0.1) is 5.92 Å². The van der Waals surface area contributed by atoms with Crippen LogP contribution in [0.15, 0.2) is 24.3 Å². The van der Waals surface area contributed by atoms with Crippen molar-refractivity contribution < 1.29 is 0 Å². The highest BCUT2D eigenvalue weighted by Crippen LogP contribution is 2.29. The molecular formula is C14H20ClN. The Kier molecular flexibility index (Phi) is 4.25. The van der Waals surface area contributed by atoms with Crippen LogP contribution in [-0.2, 0) is 6.42 Å². The van der Waals surface area contributed by atoms with E-state index in [1.54, 1.807) is 0 Å². The van der Waals surface area contributed by atoms with Crippen molar-refractivity contribution in [3.05, 3.63) is 34.9 Å². The highest BCUT2D eigenvalue weighted by molar-refractivity contribution is 6.30. The normalized spacial score (nSPS) is 18.9. The molecule has 0 bridgehead atoms. The lowest BCUT2D eigenvalue weighted by atomic mass is 9.92. The SMILES string of the molecule is CNC(Cc1cccc(Cl)c1)C1CCCC1. The van der Waals surface area contributed by atoms with Crippen LogP contribution in [0.1, 0.15) is 31.2 Å². The van der Waals surface area contributed by atoms with E-state index < -0.39 is 0 Å². The summed E-state index contributed by atoms with van der Waals surface area (Å²) < 4.78 is 0. The number of halogens is 1. The highest BCUT2D eigenvalue weighted by atomic mass is 35.5. The van der Waals surface area contributed by atoms with Gasteiger partial charge in [-0.05, 0) is 49.9 Å². The summed E-state index contributed by atoms with van der Waals surface area (Å²) in [6.07, 6.45) is 6.66. The minimum Gasteiger partial charge on any atom is -0.316 e. The Morgan fingerprint density at radius 2 is 2.12 bits per heavy atom. The fourth-order valence-corrected chi connectivity index (χ4v) is 2.99. The van der Waals surface area contributed by atoms with Crippen LogP contribution in [0.3, 0.4) is 0 Å². The second-order valence-corrected chi connectivity index (χ2v) is 5.21. The third-order valence-electron chi connectivity index (χ3n) is 3.68. The molecule has 0 saturated heterocycles. The summed E-state index contributed by atoms with van der Waals surface area (Å²) in [6, 6.07) is 8.85. The summed E-state index contributed by atoms with van der Waals surface area (Å²) in [7, 11) is 2.08. The number of rotatable bonds is 4. The van der Waals surface area contributed by atoms with Crippen molar-refractivity contribution in [2.24, 2.45) is 5.92 Å². The summed E-state index contributed by atoms with van der Waals surface area (Å²) in [5.41, 5.74) is 1.35. The van der Waals surface area contributed by atoms with Crippen molar-refractivity contribution in [2.45, 2.75) is 38.1 Å². The van der Waals surface area contributed by atoms with Gasteiger partial charge in [-0.25, -0.2) is 0 Å². The number of likely N-dealkylation sites (N-methyl/N-ethyl adjacent to an activating group) is 1. The summed E-state index contributed by atoms with van der Waals surface area (Å²) in [4.78, 5) is 0. The molecule has 1 aliphatic rings. The highest BCUT2D eigenvalue weighted by Gasteiger charge is 2.23. The Balaban J connectivity index is 2.00. The van der Waals surface area contributed by atoms with Gasteiger partial charge in [0.2, 0.25) is 0 Å². The molecule has 0 radical (unpaired) electrons. The number of hydrogen-bond donors (Lipinski definition) is 1. The molecule has 1 saturated carbocycles. The van der Waals surface area contributed by atoms with Gasteiger partial charge in [0.15, 0.2) is 0 Å². The van der Waals surface area contributed by atoms with E-state index in [4.69, 9.17) is 11.6 Å². The van der Waals surface area contributed by atoms with Crippen molar-refractivity contribution in [2.75, 3.05) is 7.05 Å². The largest absolute Gasteiger partial charge is 0.316 e. The van der Waals surface area contributed by atoms with E-state index in [9.17, 15) is 0 Å². The maximum absolute atomic E-state index is 6.01. The molecule has 1 N–H and O–H groups in total. The average Bonchev–Trinajstić information content (AvgIpc) is 2.79. The minimum absolute atomic E-state index is 0.612. The van der Waals surface area contributed by atoms with Crippen LogP contribution in [0.4, 0.5) is 0 Å². The predicted molar refractivity (Wildman–Crippen MR) is 70.0 cm³/mol. The quantitative estimate of drug-likeness (QED) is 0.843. The zero-order valence-electron chi connectivity index (χ0n) is 9.88. The molecule has 0 spiro atoms. The Morgan fingerprint density at radius 1 is 1.38 bits per heavy atom. The second-order valence-electron chi connectivity index (χ2n) is 4.77. The van der Waals surface area contributed by atoms with E-state index in [0.717, 1.165) is 17.4 Å². The zero-order valence-corrected chi connectivity index (χ0v) is 10.6.